The molecule has 0 spiro atoms. The summed E-state index contributed by atoms with van der Waals surface area (Å²) in [6.45, 7) is 2.23. The third-order valence-electron chi connectivity index (χ3n) is 2.42. The normalized spacial score (nSPS) is 33.7. The summed E-state index contributed by atoms with van der Waals surface area (Å²) >= 11 is 0. The van der Waals surface area contributed by atoms with Crippen molar-refractivity contribution in [2.75, 3.05) is 0 Å². The van der Waals surface area contributed by atoms with Crippen LogP contribution in [-0.4, -0.2) is 5.91 Å². The van der Waals surface area contributed by atoms with Crippen molar-refractivity contribution in [2.45, 2.75) is 32.6 Å². The summed E-state index contributed by atoms with van der Waals surface area (Å²) in [6, 6.07) is 0. The summed E-state index contributed by atoms with van der Waals surface area (Å²) in [4.78, 5) is 10.7. The van der Waals surface area contributed by atoms with Crippen molar-refractivity contribution >= 4 is 5.91 Å². The number of hydrogen-bond acceptors (Lipinski definition) is 1. The molecule has 2 nitrogen and oxygen atoms in total. The monoisotopic (exact) mass is 143 g/mol. The maximum Gasteiger partial charge on any atom is 0.220 e. The SMILES string of the molecule is CC1CCC(C(N)=O)CC1.[HH]. The minimum atomic E-state index is -0.105. The van der Waals surface area contributed by atoms with Gasteiger partial charge >= 0.3 is 0 Å². The first kappa shape index (κ1) is 7.58. The topological polar surface area (TPSA) is 43.1 Å². The standard InChI is InChI=1S/C8H15NO.H2/c1-6-2-4-7(5-3-6)8(9)10;/h6-7H,2-5H2,1H3,(H2,9,10);1H. The Morgan fingerprint density at radius 1 is 1.40 bits per heavy atom. The van der Waals surface area contributed by atoms with Gasteiger partial charge < -0.3 is 5.73 Å². The van der Waals surface area contributed by atoms with E-state index < -0.39 is 0 Å². The van der Waals surface area contributed by atoms with Crippen LogP contribution in [0.4, 0.5) is 0 Å². The van der Waals surface area contributed by atoms with Gasteiger partial charge in [0.25, 0.3) is 0 Å². The minimum Gasteiger partial charge on any atom is -0.369 e. The Morgan fingerprint density at radius 2 is 1.90 bits per heavy atom. The van der Waals surface area contributed by atoms with E-state index in [1.807, 2.05) is 0 Å². The fourth-order valence-corrected chi connectivity index (χ4v) is 1.54. The molecule has 0 atom stereocenters. The van der Waals surface area contributed by atoms with Crippen LogP contribution in [0.3, 0.4) is 0 Å². The molecule has 0 heterocycles. The number of amides is 1. The third-order valence-corrected chi connectivity index (χ3v) is 2.42. The number of primary amides is 1. The first-order chi connectivity index (χ1) is 4.70. The minimum absolute atomic E-state index is 0. The molecular formula is C8H17NO. The molecule has 0 saturated heterocycles. The number of rotatable bonds is 1. The molecule has 0 radical (unpaired) electrons. The van der Waals surface area contributed by atoms with E-state index in [2.05, 4.69) is 6.92 Å². The summed E-state index contributed by atoms with van der Waals surface area (Å²) < 4.78 is 0. The van der Waals surface area contributed by atoms with Crippen LogP contribution < -0.4 is 5.73 Å². The predicted octanol–water partition coefficient (Wildman–Crippen LogP) is 1.54. The predicted molar refractivity (Wildman–Crippen MR) is 42.4 cm³/mol. The molecule has 1 fully saturated rings. The molecule has 1 aliphatic carbocycles. The highest BCUT2D eigenvalue weighted by atomic mass is 16.1. The van der Waals surface area contributed by atoms with E-state index in [0.717, 1.165) is 18.8 Å². The van der Waals surface area contributed by atoms with Gasteiger partial charge in [0, 0.05) is 7.34 Å². The lowest BCUT2D eigenvalue weighted by molar-refractivity contribution is -0.122. The number of carbonyl (C=O) groups is 1. The van der Waals surface area contributed by atoms with Gasteiger partial charge in [0.15, 0.2) is 0 Å². The zero-order chi connectivity index (χ0) is 7.56. The molecule has 2 N–H and O–H groups in total. The molecule has 0 aliphatic heterocycles. The van der Waals surface area contributed by atoms with Crippen molar-refractivity contribution in [1.82, 2.24) is 0 Å². The van der Waals surface area contributed by atoms with E-state index in [0.29, 0.717) is 0 Å². The van der Waals surface area contributed by atoms with E-state index in [-0.39, 0.29) is 13.3 Å². The second kappa shape index (κ2) is 3.04. The summed E-state index contributed by atoms with van der Waals surface area (Å²) in [5.41, 5.74) is 5.17. The maximum absolute atomic E-state index is 10.7. The van der Waals surface area contributed by atoms with Crippen molar-refractivity contribution in [3.63, 3.8) is 0 Å². The lowest BCUT2D eigenvalue weighted by Gasteiger charge is -2.23. The molecule has 1 saturated carbocycles. The molecule has 0 aromatic carbocycles. The fraction of sp³-hybridized carbons (Fsp3) is 0.875. The van der Waals surface area contributed by atoms with Gasteiger partial charge in [-0.2, -0.15) is 0 Å². The second-order valence-electron chi connectivity index (χ2n) is 3.36. The molecule has 2 heteroatoms. The molecule has 10 heavy (non-hydrogen) atoms. The zero-order valence-electron chi connectivity index (χ0n) is 6.47. The Kier molecular flexibility index (Phi) is 2.30. The van der Waals surface area contributed by atoms with Crippen LogP contribution in [-0.2, 0) is 4.79 Å². The Balaban J connectivity index is 0.000001000. The smallest absolute Gasteiger partial charge is 0.220 e. The van der Waals surface area contributed by atoms with Gasteiger partial charge in [0.05, 0.1) is 0 Å². The van der Waals surface area contributed by atoms with Gasteiger partial charge in [0.1, 0.15) is 0 Å². The van der Waals surface area contributed by atoms with Crippen LogP contribution in [0.2, 0.25) is 0 Å². The van der Waals surface area contributed by atoms with E-state index >= 15 is 0 Å². The highest BCUT2D eigenvalue weighted by Crippen LogP contribution is 2.27. The molecule has 0 unspecified atom stereocenters. The van der Waals surface area contributed by atoms with E-state index in [4.69, 9.17) is 5.73 Å². The van der Waals surface area contributed by atoms with Crippen molar-refractivity contribution in [2.24, 2.45) is 17.6 Å². The van der Waals surface area contributed by atoms with Crippen molar-refractivity contribution in [1.29, 1.82) is 0 Å². The third kappa shape index (κ3) is 1.72. The van der Waals surface area contributed by atoms with E-state index in [1.54, 1.807) is 0 Å². The molecule has 1 rings (SSSR count). The van der Waals surface area contributed by atoms with Crippen LogP contribution in [0.1, 0.15) is 34.0 Å². The molecule has 1 amide bonds. The van der Waals surface area contributed by atoms with E-state index in [1.165, 1.54) is 12.8 Å². The summed E-state index contributed by atoms with van der Waals surface area (Å²) in [5.74, 6) is 0.874. The van der Waals surface area contributed by atoms with Crippen LogP contribution >= 0.6 is 0 Å². The molecule has 60 valence electrons. The summed E-state index contributed by atoms with van der Waals surface area (Å²) in [7, 11) is 0. The number of hydrogen-bond donors (Lipinski definition) is 1. The number of nitrogens with two attached hydrogens (primary N) is 1. The molecule has 0 aromatic heterocycles. The molecule has 0 bridgehead atoms. The van der Waals surface area contributed by atoms with Gasteiger partial charge in [0.2, 0.25) is 5.91 Å². The maximum atomic E-state index is 10.7. The second-order valence-corrected chi connectivity index (χ2v) is 3.36. The quantitative estimate of drug-likeness (QED) is 0.594. The Morgan fingerprint density at radius 3 is 2.30 bits per heavy atom. The Labute approximate surface area is 63.3 Å². The zero-order valence-corrected chi connectivity index (χ0v) is 6.47. The van der Waals surface area contributed by atoms with Crippen LogP contribution in [0.5, 0.6) is 0 Å². The first-order valence-electron chi connectivity index (χ1n) is 3.99. The Bertz CT molecular complexity index is 130. The highest BCUT2D eigenvalue weighted by molar-refractivity contribution is 5.76. The summed E-state index contributed by atoms with van der Waals surface area (Å²) in [6.07, 6.45) is 4.37. The lowest BCUT2D eigenvalue weighted by Crippen LogP contribution is -2.26. The average molecular weight is 143 g/mol. The molecule has 1 aliphatic rings. The first-order valence-corrected chi connectivity index (χ1v) is 3.99. The molecular weight excluding hydrogens is 126 g/mol. The van der Waals surface area contributed by atoms with Crippen molar-refractivity contribution < 1.29 is 6.22 Å². The highest BCUT2D eigenvalue weighted by Gasteiger charge is 2.21. The van der Waals surface area contributed by atoms with Gasteiger partial charge in [-0.15, -0.1) is 0 Å². The van der Waals surface area contributed by atoms with Crippen LogP contribution in [0, 0.1) is 11.8 Å². The lowest BCUT2D eigenvalue weighted by atomic mass is 9.83. The van der Waals surface area contributed by atoms with Gasteiger partial charge in [-0.3, -0.25) is 4.79 Å². The molecule has 0 aromatic rings. The summed E-state index contributed by atoms with van der Waals surface area (Å²) in [5, 5.41) is 0. The number of carbonyl (C=O) groups excluding carboxylic acids is 1. The van der Waals surface area contributed by atoms with Crippen molar-refractivity contribution in [3.05, 3.63) is 0 Å². The van der Waals surface area contributed by atoms with Crippen LogP contribution in [0.15, 0.2) is 0 Å². The van der Waals surface area contributed by atoms with Crippen molar-refractivity contribution in [3.8, 4) is 0 Å². The van der Waals surface area contributed by atoms with E-state index in [9.17, 15) is 4.79 Å². The average Bonchev–Trinajstić information content (AvgIpc) is 1.88. The van der Waals surface area contributed by atoms with Gasteiger partial charge in [-0.05, 0) is 31.6 Å². The van der Waals surface area contributed by atoms with Crippen LogP contribution in [0.25, 0.3) is 0 Å². The fourth-order valence-electron chi connectivity index (χ4n) is 1.54. The largest absolute Gasteiger partial charge is 0.369 e. The Hall–Kier alpha value is -0.530. The van der Waals surface area contributed by atoms with Gasteiger partial charge in [-0.1, -0.05) is 6.92 Å². The van der Waals surface area contributed by atoms with Gasteiger partial charge in [-0.25, -0.2) is 0 Å².